The summed E-state index contributed by atoms with van der Waals surface area (Å²) >= 11 is 0. The molecule has 0 atom stereocenters. The minimum atomic E-state index is 0.800. The molecule has 0 aliphatic rings. The molecule has 0 spiro atoms. The van der Waals surface area contributed by atoms with Crippen molar-refractivity contribution < 1.29 is 4.74 Å². The fourth-order valence-corrected chi connectivity index (χ4v) is 0.923. The summed E-state index contributed by atoms with van der Waals surface area (Å²) in [7, 11) is 0. The van der Waals surface area contributed by atoms with Crippen LogP contribution in [0.15, 0.2) is 0 Å². The summed E-state index contributed by atoms with van der Waals surface area (Å²) < 4.78 is 5.29. The molecule has 12 heavy (non-hydrogen) atoms. The summed E-state index contributed by atoms with van der Waals surface area (Å²) in [6.07, 6.45) is 5.50. The Kier molecular flexibility index (Phi) is 10.1. The Bertz CT molecular complexity index is 130. The third-order valence-corrected chi connectivity index (χ3v) is 1.56. The molecule has 1 radical (unpaired) electrons. The van der Waals surface area contributed by atoms with Crippen LogP contribution in [0.2, 0.25) is 0 Å². The molecule has 0 N–H and O–H groups in total. The van der Waals surface area contributed by atoms with Crippen molar-refractivity contribution in [2.45, 2.75) is 39.0 Å². The first-order valence-electron chi connectivity index (χ1n) is 4.68. The van der Waals surface area contributed by atoms with Crippen molar-refractivity contribution in [2.24, 2.45) is 0 Å². The Hall–Kier alpha value is -0.480. The monoisotopic (exact) mass is 167 g/mol. The van der Waals surface area contributed by atoms with Gasteiger partial charge in [0.05, 0.1) is 0 Å². The lowest BCUT2D eigenvalue weighted by atomic mass is 10.2. The molecule has 0 aliphatic heterocycles. The molecule has 0 aromatic carbocycles. The molecule has 0 rings (SSSR count). The van der Waals surface area contributed by atoms with Crippen LogP contribution in [0.3, 0.4) is 0 Å². The Morgan fingerprint density at radius 2 is 2.00 bits per heavy atom. The zero-order valence-electron chi connectivity index (χ0n) is 8.07. The first-order chi connectivity index (χ1) is 5.91. The van der Waals surface area contributed by atoms with Gasteiger partial charge in [0, 0.05) is 19.6 Å². The van der Waals surface area contributed by atoms with Gasteiger partial charge in [0.15, 0.2) is 0 Å². The average Bonchev–Trinajstić information content (AvgIpc) is 2.10. The Balaban J connectivity index is 2.84. The van der Waals surface area contributed by atoms with Crippen molar-refractivity contribution in [1.82, 2.24) is 0 Å². The number of ether oxygens (including phenoxy) is 1. The highest BCUT2D eigenvalue weighted by Gasteiger charge is 1.87. The van der Waals surface area contributed by atoms with E-state index in [0.717, 1.165) is 32.5 Å². The smallest absolute Gasteiger partial charge is 0.0466 e. The number of rotatable bonds is 7. The van der Waals surface area contributed by atoms with Crippen molar-refractivity contribution >= 4 is 0 Å². The SMILES string of the molecule is [CH2]CCOCCCCCC#CC. The highest BCUT2D eigenvalue weighted by Crippen LogP contribution is 1.99. The van der Waals surface area contributed by atoms with Crippen LogP contribution in [-0.4, -0.2) is 13.2 Å². The number of hydrogen-bond acceptors (Lipinski definition) is 1. The second kappa shape index (κ2) is 10.5. The Morgan fingerprint density at radius 3 is 2.67 bits per heavy atom. The predicted molar refractivity (Wildman–Crippen MR) is 52.7 cm³/mol. The van der Waals surface area contributed by atoms with Crippen LogP contribution in [0.4, 0.5) is 0 Å². The van der Waals surface area contributed by atoms with Gasteiger partial charge in [0.25, 0.3) is 0 Å². The molecular formula is C11H19O. The van der Waals surface area contributed by atoms with E-state index in [1.54, 1.807) is 0 Å². The van der Waals surface area contributed by atoms with E-state index in [9.17, 15) is 0 Å². The van der Waals surface area contributed by atoms with Crippen molar-refractivity contribution in [1.29, 1.82) is 0 Å². The molecule has 0 aromatic rings. The molecule has 0 aromatic heterocycles. The first kappa shape index (κ1) is 11.5. The highest BCUT2D eigenvalue weighted by atomic mass is 16.5. The minimum Gasteiger partial charge on any atom is -0.381 e. The van der Waals surface area contributed by atoms with Gasteiger partial charge in [0.1, 0.15) is 0 Å². The quantitative estimate of drug-likeness (QED) is 0.418. The van der Waals surface area contributed by atoms with Gasteiger partial charge >= 0.3 is 0 Å². The van der Waals surface area contributed by atoms with E-state index in [2.05, 4.69) is 18.8 Å². The summed E-state index contributed by atoms with van der Waals surface area (Å²) in [6.45, 7) is 7.27. The predicted octanol–water partition coefficient (Wildman–Crippen LogP) is 2.81. The average molecular weight is 167 g/mol. The summed E-state index contributed by atoms with van der Waals surface area (Å²) in [5, 5.41) is 0. The molecule has 0 aliphatic carbocycles. The van der Waals surface area contributed by atoms with Crippen LogP contribution in [0.1, 0.15) is 39.0 Å². The lowest BCUT2D eigenvalue weighted by Crippen LogP contribution is -1.95. The van der Waals surface area contributed by atoms with E-state index in [0.29, 0.717) is 0 Å². The summed E-state index contributed by atoms with van der Waals surface area (Å²) in [4.78, 5) is 0. The van der Waals surface area contributed by atoms with Gasteiger partial charge < -0.3 is 4.74 Å². The zero-order valence-corrected chi connectivity index (χ0v) is 8.07. The first-order valence-corrected chi connectivity index (χ1v) is 4.68. The van der Waals surface area contributed by atoms with Crippen LogP contribution in [0.25, 0.3) is 0 Å². The van der Waals surface area contributed by atoms with Gasteiger partial charge in [-0.3, -0.25) is 0 Å². The van der Waals surface area contributed by atoms with Gasteiger partial charge in [-0.15, -0.1) is 11.8 Å². The van der Waals surface area contributed by atoms with Gasteiger partial charge in [0.2, 0.25) is 0 Å². The molecule has 0 unspecified atom stereocenters. The summed E-state index contributed by atoms with van der Waals surface area (Å²) in [5.74, 6) is 5.94. The van der Waals surface area contributed by atoms with Crippen LogP contribution in [0, 0.1) is 18.8 Å². The van der Waals surface area contributed by atoms with Crippen LogP contribution in [0.5, 0.6) is 0 Å². The maximum absolute atomic E-state index is 5.29. The maximum atomic E-state index is 5.29. The molecule has 1 heteroatoms. The molecular weight excluding hydrogens is 148 g/mol. The van der Waals surface area contributed by atoms with E-state index < -0.39 is 0 Å². The lowest BCUT2D eigenvalue weighted by molar-refractivity contribution is 0.134. The van der Waals surface area contributed by atoms with E-state index >= 15 is 0 Å². The van der Waals surface area contributed by atoms with Crippen LogP contribution in [-0.2, 0) is 4.74 Å². The molecule has 0 saturated carbocycles. The number of unbranched alkanes of at least 4 members (excludes halogenated alkanes) is 3. The molecule has 0 fully saturated rings. The summed E-state index contributed by atoms with van der Waals surface area (Å²) in [6, 6.07) is 0. The Labute approximate surface area is 76.5 Å². The summed E-state index contributed by atoms with van der Waals surface area (Å²) in [5.41, 5.74) is 0. The minimum absolute atomic E-state index is 0.800. The molecule has 0 bridgehead atoms. The van der Waals surface area contributed by atoms with E-state index in [1.165, 1.54) is 12.8 Å². The van der Waals surface area contributed by atoms with E-state index in [1.807, 2.05) is 6.92 Å². The molecule has 1 nitrogen and oxygen atoms in total. The fraction of sp³-hybridized carbons (Fsp3) is 0.727. The third kappa shape index (κ3) is 9.52. The molecule has 0 heterocycles. The molecule has 69 valence electrons. The van der Waals surface area contributed by atoms with Gasteiger partial charge in [-0.1, -0.05) is 13.3 Å². The second-order valence-corrected chi connectivity index (χ2v) is 2.70. The zero-order chi connectivity index (χ0) is 9.07. The molecule has 0 saturated heterocycles. The van der Waals surface area contributed by atoms with Crippen molar-refractivity contribution in [3.63, 3.8) is 0 Å². The van der Waals surface area contributed by atoms with Gasteiger partial charge in [-0.2, -0.15) is 0 Å². The third-order valence-electron chi connectivity index (χ3n) is 1.56. The van der Waals surface area contributed by atoms with Crippen LogP contribution < -0.4 is 0 Å². The molecule has 0 amide bonds. The maximum Gasteiger partial charge on any atom is 0.0466 e. The van der Waals surface area contributed by atoms with E-state index in [-0.39, 0.29) is 0 Å². The Morgan fingerprint density at radius 1 is 1.17 bits per heavy atom. The van der Waals surface area contributed by atoms with Gasteiger partial charge in [-0.25, -0.2) is 0 Å². The largest absolute Gasteiger partial charge is 0.381 e. The highest BCUT2D eigenvalue weighted by molar-refractivity contribution is 4.94. The van der Waals surface area contributed by atoms with Crippen molar-refractivity contribution in [3.8, 4) is 11.8 Å². The lowest BCUT2D eigenvalue weighted by Gasteiger charge is -2.00. The number of hydrogen-bond donors (Lipinski definition) is 0. The van der Waals surface area contributed by atoms with Crippen molar-refractivity contribution in [3.05, 3.63) is 6.92 Å². The topological polar surface area (TPSA) is 9.23 Å². The fourth-order valence-electron chi connectivity index (χ4n) is 0.923. The van der Waals surface area contributed by atoms with E-state index in [4.69, 9.17) is 4.74 Å². The standard InChI is InChI=1S/C11H19O/c1-3-5-6-7-8-9-11-12-10-4-2/h2,4,6-11H2,1H3. The normalized spacial score (nSPS) is 9.17. The second-order valence-electron chi connectivity index (χ2n) is 2.70. The van der Waals surface area contributed by atoms with Crippen LogP contribution >= 0.6 is 0 Å². The van der Waals surface area contributed by atoms with Crippen molar-refractivity contribution in [2.75, 3.05) is 13.2 Å². The van der Waals surface area contributed by atoms with Gasteiger partial charge in [-0.05, 0) is 26.2 Å².